The van der Waals surface area contributed by atoms with E-state index in [0.717, 1.165) is 16.5 Å². The van der Waals surface area contributed by atoms with Crippen LogP contribution in [0.2, 0.25) is 10.0 Å². The van der Waals surface area contributed by atoms with E-state index in [4.69, 9.17) is 27.6 Å². The highest BCUT2D eigenvalue weighted by atomic mass is 35.5. The molecule has 124 valence electrons. The predicted molar refractivity (Wildman–Crippen MR) is 97.2 cm³/mol. The molecule has 25 heavy (non-hydrogen) atoms. The summed E-state index contributed by atoms with van der Waals surface area (Å²) in [6, 6.07) is 13.0. The zero-order valence-corrected chi connectivity index (χ0v) is 15.0. The number of fused-ring (bicyclic) bond motifs is 1. The van der Waals surface area contributed by atoms with Crippen molar-refractivity contribution in [1.29, 1.82) is 0 Å². The molecule has 0 aliphatic heterocycles. The van der Waals surface area contributed by atoms with Gasteiger partial charge in [-0.2, -0.15) is 0 Å². The van der Waals surface area contributed by atoms with E-state index in [0.29, 0.717) is 32.6 Å². The molecule has 0 aliphatic rings. The van der Waals surface area contributed by atoms with Crippen molar-refractivity contribution in [3.8, 4) is 0 Å². The lowest BCUT2D eigenvalue weighted by Gasteiger charge is -2.02. The Labute approximate surface area is 157 Å². The molecule has 5 nitrogen and oxygen atoms in total. The molecule has 0 unspecified atom stereocenters. The van der Waals surface area contributed by atoms with Crippen molar-refractivity contribution in [1.82, 2.24) is 20.2 Å². The van der Waals surface area contributed by atoms with Crippen molar-refractivity contribution in [3.05, 3.63) is 70.3 Å². The van der Waals surface area contributed by atoms with Gasteiger partial charge in [-0.15, -0.1) is 10.2 Å². The maximum absolute atomic E-state index is 6.07. The highest BCUT2D eigenvalue weighted by Crippen LogP contribution is 2.31. The van der Waals surface area contributed by atoms with E-state index in [2.05, 4.69) is 20.2 Å². The Balaban J connectivity index is 1.57. The minimum atomic E-state index is 0.420. The monoisotopic (exact) mass is 388 g/mol. The zero-order chi connectivity index (χ0) is 17.2. The predicted octanol–water partition coefficient (Wildman–Crippen LogP) is 5.06. The van der Waals surface area contributed by atoms with Gasteiger partial charge >= 0.3 is 0 Å². The third-order valence-electron chi connectivity index (χ3n) is 3.46. The fourth-order valence-corrected chi connectivity index (χ4v) is 3.35. The van der Waals surface area contributed by atoms with Gasteiger partial charge in [-0.05, 0) is 47.7 Å². The zero-order valence-electron chi connectivity index (χ0n) is 12.7. The highest BCUT2D eigenvalue weighted by molar-refractivity contribution is 7.99. The van der Waals surface area contributed by atoms with Crippen LogP contribution in [0.25, 0.3) is 10.9 Å². The van der Waals surface area contributed by atoms with Crippen molar-refractivity contribution in [2.45, 2.75) is 16.7 Å². The molecule has 0 bridgehead atoms. The van der Waals surface area contributed by atoms with Gasteiger partial charge in [0.2, 0.25) is 5.89 Å². The van der Waals surface area contributed by atoms with Crippen molar-refractivity contribution < 1.29 is 4.42 Å². The Morgan fingerprint density at radius 3 is 2.56 bits per heavy atom. The van der Waals surface area contributed by atoms with Gasteiger partial charge in [-0.1, -0.05) is 35.3 Å². The summed E-state index contributed by atoms with van der Waals surface area (Å²) in [4.78, 5) is 8.53. The smallest absolute Gasteiger partial charge is 0.282 e. The van der Waals surface area contributed by atoms with Crippen LogP contribution in [0.4, 0.5) is 0 Å². The van der Waals surface area contributed by atoms with Gasteiger partial charge in [0.1, 0.15) is 11.4 Å². The SMILES string of the molecule is Clc1ccc(Cc2nnc(Sc3ncnc4ccc(Cl)cc34)o2)cc1. The first-order valence-electron chi connectivity index (χ1n) is 7.32. The molecule has 0 radical (unpaired) electrons. The maximum atomic E-state index is 6.07. The van der Waals surface area contributed by atoms with E-state index in [9.17, 15) is 0 Å². The Kier molecular flexibility index (Phi) is 4.57. The summed E-state index contributed by atoms with van der Waals surface area (Å²) in [5, 5.41) is 11.5. The molecular weight excluding hydrogens is 379 g/mol. The van der Waals surface area contributed by atoms with E-state index in [-0.39, 0.29) is 0 Å². The van der Waals surface area contributed by atoms with Crippen molar-refractivity contribution >= 4 is 45.9 Å². The molecule has 0 atom stereocenters. The van der Waals surface area contributed by atoms with Crippen LogP contribution in [-0.2, 0) is 6.42 Å². The second-order valence-electron chi connectivity index (χ2n) is 5.21. The Hall–Kier alpha value is -2.15. The van der Waals surface area contributed by atoms with Crippen LogP contribution in [-0.4, -0.2) is 20.2 Å². The lowest BCUT2D eigenvalue weighted by Crippen LogP contribution is -1.87. The minimum Gasteiger partial charge on any atom is -0.415 e. The van der Waals surface area contributed by atoms with Crippen LogP contribution in [0.5, 0.6) is 0 Å². The molecule has 0 saturated heterocycles. The molecule has 0 aliphatic carbocycles. The number of rotatable bonds is 4. The van der Waals surface area contributed by atoms with Gasteiger partial charge < -0.3 is 4.42 Å². The third kappa shape index (κ3) is 3.76. The van der Waals surface area contributed by atoms with Crippen LogP contribution >= 0.6 is 35.0 Å². The van der Waals surface area contributed by atoms with Crippen LogP contribution in [0.3, 0.4) is 0 Å². The average Bonchev–Trinajstić information content (AvgIpc) is 3.04. The second-order valence-corrected chi connectivity index (χ2v) is 7.02. The lowest BCUT2D eigenvalue weighted by molar-refractivity contribution is 0.420. The van der Waals surface area contributed by atoms with Crippen molar-refractivity contribution in [2.24, 2.45) is 0 Å². The first-order valence-corrected chi connectivity index (χ1v) is 8.89. The fourth-order valence-electron chi connectivity index (χ4n) is 2.30. The van der Waals surface area contributed by atoms with Crippen LogP contribution in [0, 0.1) is 0 Å². The fraction of sp³-hybridized carbons (Fsp3) is 0.0588. The number of benzene rings is 2. The summed E-state index contributed by atoms with van der Waals surface area (Å²) in [5.41, 5.74) is 1.85. The highest BCUT2D eigenvalue weighted by Gasteiger charge is 2.12. The molecule has 4 aromatic rings. The third-order valence-corrected chi connectivity index (χ3v) is 4.81. The average molecular weight is 389 g/mol. The summed E-state index contributed by atoms with van der Waals surface area (Å²) in [6.07, 6.45) is 2.05. The lowest BCUT2D eigenvalue weighted by atomic mass is 10.1. The molecule has 2 heterocycles. The van der Waals surface area contributed by atoms with E-state index < -0.39 is 0 Å². The molecular formula is C17H10Cl2N4OS. The molecule has 8 heteroatoms. The minimum absolute atomic E-state index is 0.420. The van der Waals surface area contributed by atoms with Crippen molar-refractivity contribution in [3.63, 3.8) is 0 Å². The van der Waals surface area contributed by atoms with Crippen molar-refractivity contribution in [2.75, 3.05) is 0 Å². The van der Waals surface area contributed by atoms with Gasteiger partial charge in [-0.3, -0.25) is 0 Å². The number of aromatic nitrogens is 4. The van der Waals surface area contributed by atoms with Gasteiger partial charge in [0.15, 0.2) is 0 Å². The summed E-state index contributed by atoms with van der Waals surface area (Å²) in [5.74, 6) is 0.529. The Morgan fingerprint density at radius 2 is 1.72 bits per heavy atom. The van der Waals surface area contributed by atoms with Crippen LogP contribution < -0.4 is 0 Å². The maximum Gasteiger partial charge on any atom is 0.282 e. The van der Waals surface area contributed by atoms with Gasteiger partial charge in [-0.25, -0.2) is 9.97 Å². The number of nitrogens with zero attached hydrogens (tertiary/aromatic N) is 4. The van der Waals surface area contributed by atoms with E-state index in [1.807, 2.05) is 36.4 Å². The number of halogens is 2. The molecule has 2 aromatic carbocycles. The molecule has 0 fully saturated rings. The van der Waals surface area contributed by atoms with Crippen LogP contribution in [0.15, 0.2) is 63.5 Å². The number of hydrogen-bond acceptors (Lipinski definition) is 6. The molecule has 4 rings (SSSR count). The number of hydrogen-bond donors (Lipinski definition) is 0. The largest absolute Gasteiger partial charge is 0.415 e. The summed E-state index contributed by atoms with van der Waals surface area (Å²) < 4.78 is 5.72. The first kappa shape index (κ1) is 16.3. The summed E-state index contributed by atoms with van der Waals surface area (Å²) in [6.45, 7) is 0. The topological polar surface area (TPSA) is 64.7 Å². The van der Waals surface area contributed by atoms with Gasteiger partial charge in [0.05, 0.1) is 11.9 Å². The van der Waals surface area contributed by atoms with Gasteiger partial charge in [0, 0.05) is 15.4 Å². The van der Waals surface area contributed by atoms with E-state index in [1.165, 1.54) is 18.1 Å². The van der Waals surface area contributed by atoms with Crippen LogP contribution in [0.1, 0.15) is 11.5 Å². The Bertz CT molecular complexity index is 1040. The molecule has 2 aromatic heterocycles. The van der Waals surface area contributed by atoms with E-state index >= 15 is 0 Å². The summed E-state index contributed by atoms with van der Waals surface area (Å²) >= 11 is 13.3. The molecule has 0 saturated carbocycles. The molecule has 0 spiro atoms. The van der Waals surface area contributed by atoms with E-state index in [1.54, 1.807) is 6.07 Å². The normalized spacial score (nSPS) is 11.1. The first-order chi connectivity index (χ1) is 12.2. The standard InChI is InChI=1S/C17H10Cl2N4OS/c18-11-3-1-10(2-4-11)7-15-22-23-17(24-15)25-16-13-8-12(19)5-6-14(13)20-9-21-16/h1-6,8-9H,7H2. The Morgan fingerprint density at radius 1 is 0.920 bits per heavy atom. The quantitative estimate of drug-likeness (QED) is 0.455. The second kappa shape index (κ2) is 7.00. The summed E-state index contributed by atoms with van der Waals surface area (Å²) in [7, 11) is 0. The van der Waals surface area contributed by atoms with Gasteiger partial charge in [0.25, 0.3) is 5.22 Å². The molecule has 0 N–H and O–H groups in total. The molecule has 0 amide bonds.